The fourth-order valence-corrected chi connectivity index (χ4v) is 5.95. The van der Waals surface area contributed by atoms with Crippen molar-refractivity contribution >= 4 is 33.2 Å². The van der Waals surface area contributed by atoms with Crippen LogP contribution in [-0.2, 0) is 16.8 Å². The molecule has 1 aliphatic rings. The molecule has 1 saturated carbocycles. The molecule has 30 heavy (non-hydrogen) atoms. The van der Waals surface area contributed by atoms with E-state index in [9.17, 15) is 18.7 Å². The Morgan fingerprint density at radius 3 is 2.43 bits per heavy atom. The predicted molar refractivity (Wildman–Crippen MR) is 118 cm³/mol. The predicted octanol–water partition coefficient (Wildman–Crippen LogP) is 4.63. The van der Waals surface area contributed by atoms with Gasteiger partial charge in [0.05, 0.1) is 15.4 Å². The second-order valence-electron chi connectivity index (χ2n) is 8.11. The molecule has 1 fully saturated rings. The summed E-state index contributed by atoms with van der Waals surface area (Å²) in [6, 6.07) is 7.39. The van der Waals surface area contributed by atoms with Gasteiger partial charge in [-0.15, -0.1) is 11.3 Å². The molecule has 1 aliphatic carbocycles. The van der Waals surface area contributed by atoms with E-state index in [1.807, 2.05) is 6.07 Å². The summed E-state index contributed by atoms with van der Waals surface area (Å²) >= 11 is 5.22. The van der Waals surface area contributed by atoms with Crippen molar-refractivity contribution in [2.75, 3.05) is 6.54 Å². The van der Waals surface area contributed by atoms with Gasteiger partial charge in [0.25, 0.3) is 0 Å². The highest BCUT2D eigenvalue weighted by Crippen LogP contribution is 2.41. The number of rotatable bonds is 9. The van der Waals surface area contributed by atoms with Crippen molar-refractivity contribution in [2.24, 2.45) is 11.7 Å². The summed E-state index contributed by atoms with van der Waals surface area (Å²) < 4.78 is 28.2. The molecule has 1 heterocycles. The number of aliphatic hydroxyl groups excluding tert-OH is 1. The van der Waals surface area contributed by atoms with Crippen LogP contribution >= 0.6 is 27.3 Å². The zero-order valence-electron chi connectivity index (χ0n) is 16.7. The molecule has 0 radical (unpaired) electrons. The van der Waals surface area contributed by atoms with Crippen molar-refractivity contribution in [1.82, 2.24) is 5.32 Å². The van der Waals surface area contributed by atoms with Gasteiger partial charge in [-0.2, -0.15) is 0 Å². The molecule has 0 aliphatic heterocycles. The lowest BCUT2D eigenvalue weighted by Gasteiger charge is -2.39. The summed E-state index contributed by atoms with van der Waals surface area (Å²) in [5.74, 6) is -2.45. The zero-order valence-corrected chi connectivity index (χ0v) is 19.1. The third-order valence-electron chi connectivity index (χ3n) is 5.83. The van der Waals surface area contributed by atoms with E-state index in [0.717, 1.165) is 35.5 Å². The minimum Gasteiger partial charge on any atom is -0.391 e. The highest BCUT2D eigenvalue weighted by molar-refractivity contribution is 9.11. The summed E-state index contributed by atoms with van der Waals surface area (Å²) in [4.78, 5) is 12.8. The lowest BCUT2D eigenvalue weighted by Crippen LogP contribution is -2.48. The quantitative estimate of drug-likeness (QED) is 0.469. The van der Waals surface area contributed by atoms with Crippen molar-refractivity contribution in [3.8, 4) is 0 Å². The van der Waals surface area contributed by atoms with E-state index in [4.69, 9.17) is 5.73 Å². The lowest BCUT2D eigenvalue weighted by molar-refractivity contribution is -0.119. The topological polar surface area (TPSA) is 75.4 Å². The maximum atomic E-state index is 13.6. The first kappa shape index (κ1) is 23.3. The number of carbonyl (C=O) groups excluding carboxylic acids is 1. The number of hydrogen-bond donors (Lipinski definition) is 3. The standard InChI is InChI=1S/C22H27BrF2N2O2S/c23-20-5-4-19(30-20)22(6-2-1-3-7-22)27-13-18(28)15(11-21(26)29)8-14-9-16(24)12-17(25)10-14/h4-5,9-10,12,15,18,27-28H,1-3,6-8,11,13H2,(H2,26,29). The number of amides is 1. The first-order valence-corrected chi connectivity index (χ1v) is 11.8. The van der Waals surface area contributed by atoms with E-state index in [1.165, 1.54) is 23.4 Å². The zero-order chi connectivity index (χ0) is 21.7. The Hall–Kier alpha value is -1.35. The molecule has 4 N–H and O–H groups in total. The van der Waals surface area contributed by atoms with Crippen LogP contribution in [-0.4, -0.2) is 23.7 Å². The smallest absolute Gasteiger partial charge is 0.217 e. The second kappa shape index (κ2) is 10.3. The van der Waals surface area contributed by atoms with Crippen LogP contribution in [0.25, 0.3) is 0 Å². The highest BCUT2D eigenvalue weighted by Gasteiger charge is 2.36. The number of thiophene rings is 1. The largest absolute Gasteiger partial charge is 0.391 e. The van der Waals surface area contributed by atoms with Gasteiger partial charge >= 0.3 is 0 Å². The molecule has 0 spiro atoms. The van der Waals surface area contributed by atoms with Gasteiger partial charge in [-0.05, 0) is 70.9 Å². The third kappa shape index (κ3) is 6.09. The fraction of sp³-hybridized carbons (Fsp3) is 0.500. The lowest BCUT2D eigenvalue weighted by atomic mass is 9.80. The van der Waals surface area contributed by atoms with Crippen molar-refractivity contribution in [1.29, 1.82) is 0 Å². The fourth-order valence-electron chi connectivity index (χ4n) is 4.34. The van der Waals surface area contributed by atoms with Crippen molar-refractivity contribution < 1.29 is 18.7 Å². The van der Waals surface area contributed by atoms with Gasteiger partial charge in [0.15, 0.2) is 0 Å². The van der Waals surface area contributed by atoms with Gasteiger partial charge in [-0.25, -0.2) is 8.78 Å². The van der Waals surface area contributed by atoms with Gasteiger partial charge in [0, 0.05) is 23.9 Å². The number of benzene rings is 1. The maximum absolute atomic E-state index is 13.6. The molecule has 1 aromatic carbocycles. The van der Waals surface area contributed by atoms with Crippen LogP contribution in [0, 0.1) is 17.6 Å². The Labute approximate surface area is 188 Å². The molecule has 3 rings (SSSR count). The van der Waals surface area contributed by atoms with E-state index in [1.54, 1.807) is 11.3 Å². The van der Waals surface area contributed by atoms with Crippen molar-refractivity contribution in [2.45, 2.75) is 56.6 Å². The van der Waals surface area contributed by atoms with E-state index in [-0.39, 0.29) is 24.9 Å². The third-order valence-corrected chi connectivity index (χ3v) is 7.66. The molecule has 4 nitrogen and oxygen atoms in total. The van der Waals surface area contributed by atoms with Gasteiger partial charge < -0.3 is 16.2 Å². The minimum atomic E-state index is -0.883. The minimum absolute atomic E-state index is 0.0570. The molecule has 0 saturated heterocycles. The number of nitrogens with two attached hydrogens (primary N) is 1. The Kier molecular flexibility index (Phi) is 8.01. The van der Waals surface area contributed by atoms with Crippen LogP contribution in [0.3, 0.4) is 0 Å². The van der Waals surface area contributed by atoms with E-state index in [2.05, 4.69) is 27.3 Å². The second-order valence-corrected chi connectivity index (χ2v) is 10.6. The Bertz CT molecular complexity index is 850. The van der Waals surface area contributed by atoms with Crippen LogP contribution in [0.4, 0.5) is 8.78 Å². The number of primary amides is 1. The first-order chi connectivity index (χ1) is 14.3. The summed E-state index contributed by atoms with van der Waals surface area (Å²) in [7, 11) is 0. The summed E-state index contributed by atoms with van der Waals surface area (Å²) in [5, 5.41) is 14.5. The monoisotopic (exact) mass is 500 g/mol. The SMILES string of the molecule is NC(=O)CC(Cc1cc(F)cc(F)c1)C(O)CNC1(c2ccc(Br)s2)CCCCC1. The molecule has 0 bridgehead atoms. The molecule has 2 unspecified atom stereocenters. The summed E-state index contributed by atoms with van der Waals surface area (Å²) in [6.45, 7) is 0.269. The molecular formula is C22H27BrF2N2O2S. The molecule has 1 aromatic heterocycles. The number of halogens is 3. The van der Waals surface area contributed by atoms with E-state index < -0.39 is 29.6 Å². The van der Waals surface area contributed by atoms with Crippen LogP contribution < -0.4 is 11.1 Å². The normalized spacial score (nSPS) is 18.1. The molecule has 1 amide bonds. The van der Waals surface area contributed by atoms with Gasteiger partial charge in [-0.1, -0.05) is 19.3 Å². The molecule has 2 atom stereocenters. The van der Waals surface area contributed by atoms with Crippen LogP contribution in [0.15, 0.2) is 34.1 Å². The van der Waals surface area contributed by atoms with Crippen LogP contribution in [0.1, 0.15) is 49.0 Å². The van der Waals surface area contributed by atoms with E-state index in [0.29, 0.717) is 5.56 Å². The number of carbonyl (C=O) groups is 1. The van der Waals surface area contributed by atoms with Crippen molar-refractivity contribution in [3.05, 3.63) is 56.2 Å². The Morgan fingerprint density at radius 2 is 1.87 bits per heavy atom. The molecular weight excluding hydrogens is 474 g/mol. The average molecular weight is 501 g/mol. The average Bonchev–Trinajstić information content (AvgIpc) is 3.12. The Balaban J connectivity index is 1.73. The van der Waals surface area contributed by atoms with Crippen LogP contribution in [0.5, 0.6) is 0 Å². The van der Waals surface area contributed by atoms with Gasteiger partial charge in [-0.3, -0.25) is 4.79 Å². The highest BCUT2D eigenvalue weighted by atomic mass is 79.9. The summed E-state index contributed by atoms with van der Waals surface area (Å²) in [6.07, 6.45) is 4.57. The maximum Gasteiger partial charge on any atom is 0.217 e. The van der Waals surface area contributed by atoms with Gasteiger partial charge in [0.1, 0.15) is 11.6 Å². The summed E-state index contributed by atoms with van der Waals surface area (Å²) in [5.41, 5.74) is 5.57. The molecule has 2 aromatic rings. The number of hydrogen-bond acceptors (Lipinski definition) is 4. The number of nitrogens with one attached hydrogen (secondary N) is 1. The molecule has 8 heteroatoms. The van der Waals surface area contributed by atoms with Crippen molar-refractivity contribution in [3.63, 3.8) is 0 Å². The van der Waals surface area contributed by atoms with E-state index >= 15 is 0 Å². The Morgan fingerprint density at radius 1 is 1.20 bits per heavy atom. The first-order valence-electron chi connectivity index (χ1n) is 10.2. The van der Waals surface area contributed by atoms with Gasteiger partial charge in [0.2, 0.25) is 5.91 Å². The number of aliphatic hydroxyl groups is 1. The van der Waals surface area contributed by atoms with Crippen LogP contribution in [0.2, 0.25) is 0 Å². The molecule has 164 valence electrons.